The number of thiophene rings is 1. The van der Waals surface area contributed by atoms with E-state index in [1.807, 2.05) is 23.8 Å². The van der Waals surface area contributed by atoms with Crippen molar-refractivity contribution in [3.8, 4) is 0 Å². The zero-order valence-corrected chi connectivity index (χ0v) is 10.2. The van der Waals surface area contributed by atoms with E-state index >= 15 is 0 Å². The van der Waals surface area contributed by atoms with Gasteiger partial charge in [0.05, 0.1) is 6.10 Å². The number of hydrogen-bond acceptors (Lipinski definition) is 6. The zero-order valence-electron chi connectivity index (χ0n) is 9.42. The first-order chi connectivity index (χ1) is 8.18. The molecule has 4 N–H and O–H groups in total. The van der Waals surface area contributed by atoms with Gasteiger partial charge < -0.3 is 16.2 Å². The molecule has 1 atom stereocenters. The summed E-state index contributed by atoms with van der Waals surface area (Å²) in [5.41, 5.74) is 7.37. The Balaban J connectivity index is 2.00. The Kier molecular flexibility index (Phi) is 3.55. The predicted octanol–water partition coefficient (Wildman–Crippen LogP) is 1.57. The zero-order chi connectivity index (χ0) is 12.3. The first-order valence-electron chi connectivity index (χ1n) is 5.19. The summed E-state index contributed by atoms with van der Waals surface area (Å²) in [7, 11) is 0. The van der Waals surface area contributed by atoms with Crippen LogP contribution < -0.4 is 11.1 Å². The smallest absolute Gasteiger partial charge is 0.134 e. The topological polar surface area (TPSA) is 84.1 Å². The average Bonchev–Trinajstić information content (AvgIpc) is 2.84. The number of rotatable bonds is 4. The molecule has 0 saturated carbocycles. The van der Waals surface area contributed by atoms with Gasteiger partial charge in [-0.2, -0.15) is 11.3 Å². The van der Waals surface area contributed by atoms with Crippen molar-refractivity contribution in [1.82, 2.24) is 9.97 Å². The van der Waals surface area contributed by atoms with Gasteiger partial charge in [0.2, 0.25) is 0 Å². The second-order valence-electron chi connectivity index (χ2n) is 3.69. The van der Waals surface area contributed by atoms with Crippen molar-refractivity contribution in [2.24, 2.45) is 0 Å². The lowest BCUT2D eigenvalue weighted by molar-refractivity contribution is 0.192. The lowest BCUT2D eigenvalue weighted by Crippen LogP contribution is -2.14. The minimum atomic E-state index is -0.545. The molecule has 1 unspecified atom stereocenters. The van der Waals surface area contributed by atoms with E-state index in [2.05, 4.69) is 15.3 Å². The highest BCUT2D eigenvalue weighted by Crippen LogP contribution is 2.19. The molecule has 0 amide bonds. The maximum atomic E-state index is 9.90. The number of aromatic nitrogens is 2. The van der Waals surface area contributed by atoms with Gasteiger partial charge in [0.1, 0.15) is 18.0 Å². The summed E-state index contributed by atoms with van der Waals surface area (Å²) in [4.78, 5) is 7.96. The number of nitrogens with two attached hydrogens (primary N) is 1. The first kappa shape index (κ1) is 11.8. The van der Waals surface area contributed by atoms with Crippen LogP contribution in [0.2, 0.25) is 0 Å². The molecule has 0 bridgehead atoms. The molecule has 6 heteroatoms. The minimum Gasteiger partial charge on any atom is -0.387 e. The highest BCUT2D eigenvalue weighted by molar-refractivity contribution is 7.07. The molecule has 0 spiro atoms. The molecule has 2 rings (SSSR count). The van der Waals surface area contributed by atoms with Gasteiger partial charge in [-0.3, -0.25) is 0 Å². The van der Waals surface area contributed by atoms with Gasteiger partial charge in [0, 0.05) is 12.1 Å². The van der Waals surface area contributed by atoms with Crippen LogP contribution in [0.5, 0.6) is 0 Å². The molecule has 0 aromatic carbocycles. The Bertz CT molecular complexity index is 486. The molecule has 2 aromatic heterocycles. The van der Waals surface area contributed by atoms with E-state index in [9.17, 15) is 5.11 Å². The quantitative estimate of drug-likeness (QED) is 0.767. The monoisotopic (exact) mass is 250 g/mol. The van der Waals surface area contributed by atoms with Crippen molar-refractivity contribution in [2.45, 2.75) is 13.0 Å². The maximum absolute atomic E-state index is 9.90. The van der Waals surface area contributed by atoms with Gasteiger partial charge in [0.25, 0.3) is 0 Å². The van der Waals surface area contributed by atoms with Crippen LogP contribution in [0.3, 0.4) is 0 Å². The standard InChI is InChI=1S/C11H14N4OS/c1-7-10(12)14-6-15-11(7)13-4-9(16)8-2-3-17-5-8/h2-3,5-6,9,16H,4H2,1H3,(H3,12,13,14,15). The number of aliphatic hydroxyl groups is 1. The molecule has 0 aliphatic rings. The van der Waals surface area contributed by atoms with Crippen LogP contribution in [0, 0.1) is 6.92 Å². The summed E-state index contributed by atoms with van der Waals surface area (Å²) >= 11 is 1.56. The molecular formula is C11H14N4OS. The Morgan fingerprint density at radius 2 is 2.35 bits per heavy atom. The number of anilines is 2. The highest BCUT2D eigenvalue weighted by Gasteiger charge is 2.09. The van der Waals surface area contributed by atoms with Crippen molar-refractivity contribution in [3.63, 3.8) is 0 Å². The fourth-order valence-electron chi connectivity index (χ4n) is 1.42. The highest BCUT2D eigenvalue weighted by atomic mass is 32.1. The van der Waals surface area contributed by atoms with Crippen molar-refractivity contribution in [1.29, 1.82) is 0 Å². The minimum absolute atomic E-state index is 0.397. The van der Waals surface area contributed by atoms with E-state index in [4.69, 9.17) is 5.73 Å². The van der Waals surface area contributed by atoms with E-state index in [-0.39, 0.29) is 0 Å². The van der Waals surface area contributed by atoms with Crippen molar-refractivity contribution >= 4 is 23.0 Å². The van der Waals surface area contributed by atoms with Gasteiger partial charge in [-0.05, 0) is 29.3 Å². The molecule has 0 saturated heterocycles. The van der Waals surface area contributed by atoms with Crippen molar-refractivity contribution in [2.75, 3.05) is 17.6 Å². The summed E-state index contributed by atoms with van der Waals surface area (Å²) in [6.45, 7) is 2.24. The molecule has 0 aliphatic carbocycles. The van der Waals surface area contributed by atoms with Crippen molar-refractivity contribution in [3.05, 3.63) is 34.3 Å². The third kappa shape index (κ3) is 2.72. The van der Waals surface area contributed by atoms with Crippen LogP contribution in [0.15, 0.2) is 23.2 Å². The Morgan fingerprint density at radius 1 is 1.53 bits per heavy atom. The van der Waals surface area contributed by atoms with E-state index in [1.54, 1.807) is 11.3 Å². The summed E-state index contributed by atoms with van der Waals surface area (Å²) in [5, 5.41) is 16.8. The van der Waals surface area contributed by atoms with E-state index < -0.39 is 6.10 Å². The first-order valence-corrected chi connectivity index (χ1v) is 6.14. The van der Waals surface area contributed by atoms with Gasteiger partial charge in [0.15, 0.2) is 0 Å². The van der Waals surface area contributed by atoms with Crippen LogP contribution in [0.4, 0.5) is 11.6 Å². The van der Waals surface area contributed by atoms with Gasteiger partial charge in [-0.1, -0.05) is 0 Å². The third-order valence-corrected chi connectivity index (χ3v) is 3.22. The van der Waals surface area contributed by atoms with Crippen LogP contribution >= 0.6 is 11.3 Å². The van der Waals surface area contributed by atoms with Gasteiger partial charge >= 0.3 is 0 Å². The maximum Gasteiger partial charge on any atom is 0.134 e. The second kappa shape index (κ2) is 5.11. The van der Waals surface area contributed by atoms with E-state index in [1.165, 1.54) is 6.33 Å². The SMILES string of the molecule is Cc1c(N)ncnc1NCC(O)c1ccsc1. The van der Waals surface area contributed by atoms with E-state index in [0.717, 1.165) is 11.1 Å². The molecule has 17 heavy (non-hydrogen) atoms. The van der Waals surface area contributed by atoms with Gasteiger partial charge in [-0.15, -0.1) is 0 Å². The lowest BCUT2D eigenvalue weighted by Gasteiger charge is -2.12. The summed E-state index contributed by atoms with van der Waals surface area (Å²) < 4.78 is 0. The third-order valence-electron chi connectivity index (χ3n) is 2.51. The van der Waals surface area contributed by atoms with E-state index in [0.29, 0.717) is 18.2 Å². The van der Waals surface area contributed by atoms with Crippen LogP contribution in [0.25, 0.3) is 0 Å². The molecule has 2 aromatic rings. The molecule has 0 radical (unpaired) electrons. The Labute approximate surface area is 103 Å². The summed E-state index contributed by atoms with van der Waals surface area (Å²) in [6, 6.07) is 1.90. The van der Waals surface area contributed by atoms with Crippen LogP contribution in [-0.2, 0) is 0 Å². The number of aliphatic hydroxyl groups excluding tert-OH is 1. The lowest BCUT2D eigenvalue weighted by atomic mass is 10.2. The number of nitrogens with zero attached hydrogens (tertiary/aromatic N) is 2. The fourth-order valence-corrected chi connectivity index (χ4v) is 2.12. The molecule has 0 aliphatic heterocycles. The molecule has 5 nitrogen and oxygen atoms in total. The Morgan fingerprint density at radius 3 is 3.06 bits per heavy atom. The molecule has 90 valence electrons. The molecule has 0 fully saturated rings. The fraction of sp³-hybridized carbons (Fsp3) is 0.273. The number of nitrogen functional groups attached to an aromatic ring is 1. The molecular weight excluding hydrogens is 236 g/mol. The van der Waals surface area contributed by atoms with Crippen LogP contribution in [0.1, 0.15) is 17.2 Å². The normalized spacial score (nSPS) is 12.4. The summed E-state index contributed by atoms with van der Waals surface area (Å²) in [6.07, 6.45) is 0.860. The average molecular weight is 250 g/mol. The van der Waals surface area contributed by atoms with Crippen molar-refractivity contribution < 1.29 is 5.11 Å². The van der Waals surface area contributed by atoms with Crippen LogP contribution in [-0.4, -0.2) is 21.6 Å². The number of nitrogens with one attached hydrogen (secondary N) is 1. The largest absolute Gasteiger partial charge is 0.387 e. The number of hydrogen-bond donors (Lipinski definition) is 3. The predicted molar refractivity (Wildman–Crippen MR) is 68.9 cm³/mol. The molecule has 2 heterocycles. The Hall–Kier alpha value is -1.66. The summed E-state index contributed by atoms with van der Waals surface area (Å²) in [5.74, 6) is 1.11. The second-order valence-corrected chi connectivity index (χ2v) is 4.47. The van der Waals surface area contributed by atoms with Gasteiger partial charge in [-0.25, -0.2) is 9.97 Å².